The van der Waals surface area contributed by atoms with Crippen molar-refractivity contribution in [1.29, 1.82) is 0 Å². The third-order valence-electron chi connectivity index (χ3n) is 20.2. The topological polar surface area (TPSA) is 62.2 Å². The van der Waals surface area contributed by atoms with Crippen molar-refractivity contribution in [1.82, 2.24) is 19.9 Å². The van der Waals surface area contributed by atoms with E-state index in [0.717, 1.165) is 84.5 Å². The van der Waals surface area contributed by atoms with E-state index in [1.807, 2.05) is 251 Å². The smallest absolute Gasteiger partial charge is 0.656 e. The molecule has 0 aliphatic carbocycles. The van der Waals surface area contributed by atoms with Gasteiger partial charge in [-0.1, -0.05) is 204 Å². The summed E-state index contributed by atoms with van der Waals surface area (Å²) in [5.74, 6) is 0. The van der Waals surface area contributed by atoms with Gasteiger partial charge in [-0.05, 0) is 147 Å². The predicted molar refractivity (Wildman–Crippen MR) is 528 cm³/mol. The molecule has 4 aromatic heterocycles. The Morgan fingerprint density at radius 3 is 0.846 bits per heavy atom. The van der Waals surface area contributed by atoms with Gasteiger partial charge in [0, 0.05) is 89.1 Å². The van der Waals surface area contributed by atoms with Crippen LogP contribution >= 0.6 is 0 Å². The summed E-state index contributed by atoms with van der Waals surface area (Å²) in [5.41, 5.74) is 23.8. The quantitative estimate of drug-likeness (QED) is 0.102. The van der Waals surface area contributed by atoms with Crippen LogP contribution < -0.4 is 14.8 Å². The maximum atomic E-state index is 5.13. The Hall–Kier alpha value is -11.8. The first-order valence-corrected chi connectivity index (χ1v) is 41.3. The molecule has 6 nitrogen and oxygen atoms in total. The Kier molecular flexibility index (Phi) is 37.1. The Morgan fingerprint density at radius 2 is 0.537 bits per heavy atom. The third kappa shape index (κ3) is 30.3. The fourth-order valence-electron chi connectivity index (χ4n) is 13.0. The van der Waals surface area contributed by atoms with E-state index in [1.165, 1.54) is 76.5 Å². The van der Waals surface area contributed by atoms with Crippen LogP contribution in [0.4, 0.5) is 11.4 Å². The van der Waals surface area contributed by atoms with Gasteiger partial charge in [0.1, 0.15) is 0 Å². The molecule has 0 unspecified atom stereocenters. The number of rotatable bonds is 6. The maximum Gasteiger partial charge on any atom is 4.00 e. The Balaban J connectivity index is 0.000000216. The zero-order valence-corrected chi connectivity index (χ0v) is 82.4. The average Bonchev–Trinajstić information content (AvgIpc) is 1.71. The minimum atomic E-state index is 0. The first-order valence-electron chi connectivity index (χ1n) is 41.3. The van der Waals surface area contributed by atoms with Crippen LogP contribution in [0.2, 0.25) is 0 Å². The van der Waals surface area contributed by atoms with E-state index in [4.69, 9.17) is 4.98 Å². The van der Waals surface area contributed by atoms with Gasteiger partial charge in [-0.3, -0.25) is 9.97 Å². The Morgan fingerprint density at radius 1 is 0.260 bits per heavy atom. The monoisotopic (exact) mass is 1950 g/mol. The molecule has 8 heteroatoms. The molecule has 123 heavy (non-hydrogen) atoms. The van der Waals surface area contributed by atoms with Gasteiger partial charge in [0.15, 0.2) is 0 Å². The summed E-state index contributed by atoms with van der Waals surface area (Å²) in [6.07, 6.45) is 3.73. The van der Waals surface area contributed by atoms with Crippen molar-refractivity contribution in [3.63, 3.8) is 0 Å². The second-order valence-electron chi connectivity index (χ2n) is 34.7. The van der Waals surface area contributed by atoms with Gasteiger partial charge in [0.25, 0.3) is 0 Å². The van der Waals surface area contributed by atoms with E-state index in [9.17, 15) is 0 Å². The van der Waals surface area contributed by atoms with Crippen molar-refractivity contribution in [2.45, 2.75) is 105 Å². The number of fused-ring (bicyclic) bond motifs is 4. The first-order chi connectivity index (χ1) is 57.6. The third-order valence-corrected chi connectivity index (χ3v) is 20.2. The number of anilines is 2. The molecule has 0 fully saturated rings. The molecule has 17 aromatic rings. The molecule has 0 spiro atoms. The van der Waals surface area contributed by atoms with Gasteiger partial charge in [0.05, 0.1) is 17.1 Å². The number of aromatic amines is 1. The second kappa shape index (κ2) is 46.4. The number of pyridine rings is 2. The van der Waals surface area contributed by atoms with E-state index in [0.29, 0.717) is 0 Å². The number of aromatic nitrogens is 4. The molecule has 0 bridgehead atoms. The van der Waals surface area contributed by atoms with Gasteiger partial charge >= 0.3 is 25.8 Å². The van der Waals surface area contributed by atoms with Gasteiger partial charge < -0.3 is 19.8 Å². The zero-order chi connectivity index (χ0) is 87.4. The molecule has 0 saturated carbocycles. The standard InChI is InChI=1S/C33H37N3.C33H36N3.7C7H7.2Hf/c2*1-32(2,3)23-11-12-26-22(18-23)17-21-9-10-24(33(4,5)6)19-27(21)31(26)29-14-13-28(35-29)30-20-25(36(7)8)15-16-34-30;7*1-7-5-3-2-4-6-7;;/h9-20,35H,1-8H3;9-20H,1-8H3;7*2-6H,1H2;;/q;8*-1;;+4. The molecule has 0 aliphatic rings. The van der Waals surface area contributed by atoms with Crippen molar-refractivity contribution < 1.29 is 51.7 Å². The molecule has 17 rings (SSSR count). The molecule has 0 amide bonds. The van der Waals surface area contributed by atoms with E-state index < -0.39 is 0 Å². The van der Waals surface area contributed by atoms with Crippen LogP contribution in [-0.4, -0.2) is 43.1 Å². The van der Waals surface area contributed by atoms with E-state index in [1.54, 1.807) is 0 Å². The van der Waals surface area contributed by atoms with Gasteiger partial charge in [0.2, 0.25) is 0 Å². The van der Waals surface area contributed by atoms with Crippen LogP contribution in [0.15, 0.2) is 358 Å². The second-order valence-corrected chi connectivity index (χ2v) is 34.7. The summed E-state index contributed by atoms with van der Waals surface area (Å²) in [4.78, 5) is 22.3. The summed E-state index contributed by atoms with van der Waals surface area (Å²) < 4.78 is 0. The maximum absolute atomic E-state index is 5.13. The molecular formula is C115H122Hf2N6-4. The van der Waals surface area contributed by atoms with Crippen molar-refractivity contribution >= 4 is 54.5 Å². The number of H-pyrrole nitrogens is 1. The van der Waals surface area contributed by atoms with Crippen LogP contribution in [0.25, 0.3) is 88.4 Å². The van der Waals surface area contributed by atoms with Crippen molar-refractivity contribution in [3.8, 4) is 45.3 Å². The number of nitrogens with zero attached hydrogens (tertiary/aromatic N) is 5. The largest absolute Gasteiger partial charge is 4.00 e. The van der Waals surface area contributed by atoms with E-state index in [2.05, 4.69) is 292 Å². The molecule has 624 valence electrons. The fourth-order valence-corrected chi connectivity index (χ4v) is 13.0. The van der Waals surface area contributed by atoms with E-state index >= 15 is 0 Å². The zero-order valence-electron chi connectivity index (χ0n) is 75.2. The van der Waals surface area contributed by atoms with Crippen LogP contribution in [0, 0.1) is 48.5 Å². The molecule has 0 saturated heterocycles. The van der Waals surface area contributed by atoms with Gasteiger partial charge in [-0.25, -0.2) is 0 Å². The predicted octanol–water partition coefficient (Wildman–Crippen LogP) is 30.1. The molecule has 13 aromatic carbocycles. The molecule has 0 aliphatic heterocycles. The van der Waals surface area contributed by atoms with Crippen LogP contribution in [0.1, 0.15) is 144 Å². The fraction of sp³-hybridized carbons (Fsp3) is 0.174. The van der Waals surface area contributed by atoms with Gasteiger partial charge in [-0.2, -0.15) is 172 Å². The van der Waals surface area contributed by atoms with Crippen LogP contribution in [-0.2, 0) is 73.3 Å². The summed E-state index contributed by atoms with van der Waals surface area (Å²) in [7, 11) is 8.20. The van der Waals surface area contributed by atoms with E-state index in [-0.39, 0.29) is 73.3 Å². The van der Waals surface area contributed by atoms with Gasteiger partial charge in [-0.15, -0.1) is 96.3 Å². The van der Waals surface area contributed by atoms with Crippen molar-refractivity contribution in [2.24, 2.45) is 0 Å². The number of benzene rings is 13. The Bertz CT molecular complexity index is 5380. The molecule has 1 N–H and O–H groups in total. The SMILES string of the molecule is CN(C)c1ccnc(-c2ccc(-c3c4ccc(C(C)(C)C)cc4cc4ccc(C(C)(C)C)cc34)[n-]2)c1.CN(C)c1ccnc(-c2ccc(-c3c4ccc(C(C)(C)C)cc4cc4ccc(C(C)(C)C)cc34)[nH]2)c1.[CH2-]c1ccccc1.[CH2-]c1ccccc1.[CH2-]c1ccccc1.[CH2-]c1ccccc1.[CH2-]c1ccccc1.[CH2-]c1ccccc1.[CH2-]c1ccccc1.[Hf+4].[Hf]. The summed E-state index contributed by atoms with van der Waals surface area (Å²) in [5, 5.41) is 10.1. The number of hydrogen-bond acceptors (Lipinski definition) is 4. The molecular weight excluding hydrogens is 1820 g/mol. The minimum absolute atomic E-state index is 0. The number of nitrogens with one attached hydrogen (secondary N) is 1. The molecule has 0 atom stereocenters. The summed E-state index contributed by atoms with van der Waals surface area (Å²) in [6, 6.07) is 118. The van der Waals surface area contributed by atoms with Crippen LogP contribution in [0.3, 0.4) is 0 Å². The molecule has 4 heterocycles. The van der Waals surface area contributed by atoms with Crippen LogP contribution in [0.5, 0.6) is 0 Å². The van der Waals surface area contributed by atoms with Crippen molar-refractivity contribution in [2.75, 3.05) is 38.0 Å². The summed E-state index contributed by atoms with van der Waals surface area (Å²) in [6.45, 7) is 53.3. The summed E-state index contributed by atoms with van der Waals surface area (Å²) >= 11 is 0. The normalized spacial score (nSPS) is 10.7. The minimum Gasteiger partial charge on any atom is -0.656 e. The number of hydrogen-bond donors (Lipinski definition) is 1. The first kappa shape index (κ1) is 98.3. The Labute approximate surface area is 775 Å². The average molecular weight is 1950 g/mol. The molecule has 0 radical (unpaired) electrons. The van der Waals surface area contributed by atoms with Crippen molar-refractivity contribution in [3.05, 3.63) is 468 Å².